The van der Waals surface area contributed by atoms with Gasteiger partial charge in [-0.05, 0) is 37.1 Å². The Kier molecular flexibility index (Phi) is 3.96. The maximum absolute atomic E-state index is 5.81. The van der Waals surface area contributed by atoms with E-state index in [9.17, 15) is 0 Å². The SMILES string of the molecule is CCSC1CCC(Nc2nc(N)nc3ccccc23)C1. The fraction of sp³-hybridized carbons (Fsp3) is 0.467. The van der Waals surface area contributed by atoms with Gasteiger partial charge in [0.1, 0.15) is 5.82 Å². The predicted molar refractivity (Wildman–Crippen MR) is 87.1 cm³/mol. The normalized spacial score (nSPS) is 22.2. The van der Waals surface area contributed by atoms with Gasteiger partial charge in [-0.3, -0.25) is 0 Å². The smallest absolute Gasteiger partial charge is 0.222 e. The number of para-hydroxylation sites is 1. The lowest BCUT2D eigenvalue weighted by Gasteiger charge is -2.15. The van der Waals surface area contributed by atoms with Crippen LogP contribution in [0.5, 0.6) is 0 Å². The molecule has 106 valence electrons. The second kappa shape index (κ2) is 5.87. The maximum atomic E-state index is 5.81. The van der Waals surface area contributed by atoms with Crippen LogP contribution < -0.4 is 11.1 Å². The molecule has 2 atom stereocenters. The van der Waals surface area contributed by atoms with Crippen LogP contribution in [0.3, 0.4) is 0 Å². The van der Waals surface area contributed by atoms with Crippen molar-refractivity contribution in [2.45, 2.75) is 37.5 Å². The van der Waals surface area contributed by atoms with Gasteiger partial charge in [-0.1, -0.05) is 19.1 Å². The van der Waals surface area contributed by atoms with Crippen molar-refractivity contribution in [2.75, 3.05) is 16.8 Å². The van der Waals surface area contributed by atoms with Crippen molar-refractivity contribution in [3.8, 4) is 0 Å². The summed E-state index contributed by atoms with van der Waals surface area (Å²) in [5.74, 6) is 2.41. The summed E-state index contributed by atoms with van der Waals surface area (Å²) >= 11 is 2.06. The Balaban J connectivity index is 1.81. The van der Waals surface area contributed by atoms with E-state index in [1.165, 1.54) is 25.0 Å². The van der Waals surface area contributed by atoms with Gasteiger partial charge in [0.05, 0.1) is 5.52 Å². The van der Waals surface area contributed by atoms with Crippen LogP contribution in [0.25, 0.3) is 10.9 Å². The number of nitrogens with zero attached hydrogens (tertiary/aromatic N) is 2. The number of fused-ring (bicyclic) bond motifs is 1. The fourth-order valence-electron chi connectivity index (χ4n) is 2.86. The topological polar surface area (TPSA) is 63.8 Å². The highest BCUT2D eigenvalue weighted by molar-refractivity contribution is 7.99. The van der Waals surface area contributed by atoms with Crippen LogP contribution in [0.15, 0.2) is 24.3 Å². The van der Waals surface area contributed by atoms with Crippen LogP contribution in [0, 0.1) is 0 Å². The van der Waals surface area contributed by atoms with Crippen molar-refractivity contribution in [3.05, 3.63) is 24.3 Å². The van der Waals surface area contributed by atoms with Crippen LogP contribution >= 0.6 is 11.8 Å². The summed E-state index contributed by atoms with van der Waals surface area (Å²) < 4.78 is 0. The van der Waals surface area contributed by atoms with Crippen molar-refractivity contribution in [3.63, 3.8) is 0 Å². The second-order valence-electron chi connectivity index (χ2n) is 5.18. The Morgan fingerprint density at radius 3 is 3.00 bits per heavy atom. The number of nitrogen functional groups attached to an aromatic ring is 1. The standard InChI is InChI=1S/C15H20N4S/c1-2-20-11-8-7-10(9-11)17-14-12-5-3-4-6-13(12)18-15(16)19-14/h3-6,10-11H,2,7-9H2,1H3,(H3,16,17,18,19). The van der Waals surface area contributed by atoms with E-state index in [0.29, 0.717) is 12.0 Å². The Labute approximate surface area is 123 Å². The molecule has 1 aliphatic carbocycles. The van der Waals surface area contributed by atoms with E-state index < -0.39 is 0 Å². The van der Waals surface area contributed by atoms with E-state index in [-0.39, 0.29) is 0 Å². The monoisotopic (exact) mass is 288 g/mol. The summed E-state index contributed by atoms with van der Waals surface area (Å²) in [5, 5.41) is 5.40. The molecule has 5 heteroatoms. The molecular formula is C15H20N4S. The number of hydrogen-bond donors (Lipinski definition) is 2. The van der Waals surface area contributed by atoms with Crippen molar-refractivity contribution in [1.82, 2.24) is 9.97 Å². The second-order valence-corrected chi connectivity index (χ2v) is 6.76. The van der Waals surface area contributed by atoms with E-state index >= 15 is 0 Å². The number of thioether (sulfide) groups is 1. The molecule has 1 aromatic heterocycles. The largest absolute Gasteiger partial charge is 0.368 e. The molecule has 0 radical (unpaired) electrons. The highest BCUT2D eigenvalue weighted by Gasteiger charge is 2.25. The zero-order chi connectivity index (χ0) is 13.9. The molecule has 0 aliphatic heterocycles. The molecule has 1 fully saturated rings. The number of nitrogens with one attached hydrogen (secondary N) is 1. The first-order valence-electron chi connectivity index (χ1n) is 7.16. The molecule has 0 bridgehead atoms. The van der Waals surface area contributed by atoms with Crippen molar-refractivity contribution in [2.24, 2.45) is 0 Å². The molecule has 2 aromatic rings. The highest BCUT2D eigenvalue weighted by atomic mass is 32.2. The van der Waals surface area contributed by atoms with E-state index in [4.69, 9.17) is 5.73 Å². The zero-order valence-electron chi connectivity index (χ0n) is 11.7. The van der Waals surface area contributed by atoms with Crippen molar-refractivity contribution >= 4 is 34.4 Å². The third-order valence-electron chi connectivity index (χ3n) is 3.75. The van der Waals surface area contributed by atoms with Crippen LogP contribution in [0.2, 0.25) is 0 Å². The average Bonchev–Trinajstić information content (AvgIpc) is 2.86. The van der Waals surface area contributed by atoms with Gasteiger partial charge in [-0.25, -0.2) is 4.98 Å². The van der Waals surface area contributed by atoms with E-state index in [0.717, 1.165) is 22.0 Å². The first-order chi connectivity index (χ1) is 9.76. The Morgan fingerprint density at radius 2 is 2.15 bits per heavy atom. The molecule has 4 nitrogen and oxygen atoms in total. The Bertz CT molecular complexity index is 601. The van der Waals surface area contributed by atoms with Crippen molar-refractivity contribution in [1.29, 1.82) is 0 Å². The maximum Gasteiger partial charge on any atom is 0.222 e. The van der Waals surface area contributed by atoms with E-state index in [1.807, 2.05) is 24.3 Å². The van der Waals surface area contributed by atoms with Gasteiger partial charge < -0.3 is 11.1 Å². The molecule has 1 heterocycles. The molecule has 20 heavy (non-hydrogen) atoms. The lowest BCUT2D eigenvalue weighted by molar-refractivity contribution is 0.753. The lowest BCUT2D eigenvalue weighted by atomic mass is 10.2. The molecule has 1 aliphatic rings. The molecule has 2 unspecified atom stereocenters. The Morgan fingerprint density at radius 1 is 1.30 bits per heavy atom. The van der Waals surface area contributed by atoms with Gasteiger partial charge in [0, 0.05) is 16.7 Å². The number of rotatable bonds is 4. The van der Waals surface area contributed by atoms with Gasteiger partial charge in [0.15, 0.2) is 0 Å². The summed E-state index contributed by atoms with van der Waals surface area (Å²) in [6.07, 6.45) is 3.70. The summed E-state index contributed by atoms with van der Waals surface area (Å²) in [7, 11) is 0. The molecular weight excluding hydrogens is 268 g/mol. The van der Waals surface area contributed by atoms with Gasteiger partial charge in [-0.15, -0.1) is 0 Å². The molecule has 1 aromatic carbocycles. The van der Waals surface area contributed by atoms with Crippen LogP contribution in [0.4, 0.5) is 11.8 Å². The first-order valence-corrected chi connectivity index (χ1v) is 8.21. The minimum Gasteiger partial charge on any atom is -0.368 e. The van der Waals surface area contributed by atoms with Crippen LogP contribution in [-0.4, -0.2) is 27.0 Å². The van der Waals surface area contributed by atoms with Crippen LogP contribution in [-0.2, 0) is 0 Å². The average molecular weight is 288 g/mol. The third-order valence-corrected chi connectivity index (χ3v) is 4.98. The fourth-order valence-corrected chi connectivity index (χ4v) is 4.00. The number of nitrogens with two attached hydrogens (primary N) is 1. The van der Waals surface area contributed by atoms with E-state index in [2.05, 4.69) is 34.0 Å². The highest BCUT2D eigenvalue weighted by Crippen LogP contribution is 2.32. The lowest BCUT2D eigenvalue weighted by Crippen LogP contribution is -2.18. The number of aromatic nitrogens is 2. The molecule has 3 N–H and O–H groups in total. The summed E-state index contributed by atoms with van der Waals surface area (Å²) in [4.78, 5) is 8.66. The predicted octanol–water partition coefficient (Wildman–Crippen LogP) is 3.30. The molecule has 0 saturated heterocycles. The summed E-state index contributed by atoms with van der Waals surface area (Å²) in [6.45, 7) is 2.23. The first kappa shape index (κ1) is 13.5. The minimum atomic E-state index is 0.337. The number of hydrogen-bond acceptors (Lipinski definition) is 5. The molecule has 1 saturated carbocycles. The Hall–Kier alpha value is -1.49. The third kappa shape index (κ3) is 2.82. The van der Waals surface area contributed by atoms with Crippen LogP contribution in [0.1, 0.15) is 26.2 Å². The summed E-state index contributed by atoms with van der Waals surface area (Å²) in [5.41, 5.74) is 6.71. The van der Waals surface area contributed by atoms with E-state index in [1.54, 1.807) is 0 Å². The van der Waals surface area contributed by atoms with Crippen molar-refractivity contribution < 1.29 is 0 Å². The summed E-state index contributed by atoms with van der Waals surface area (Å²) in [6, 6.07) is 8.50. The van der Waals surface area contributed by atoms with Gasteiger partial charge in [0.2, 0.25) is 5.95 Å². The molecule has 3 rings (SSSR count). The molecule has 0 spiro atoms. The number of benzene rings is 1. The zero-order valence-corrected chi connectivity index (χ0v) is 12.5. The number of anilines is 2. The minimum absolute atomic E-state index is 0.337. The molecule has 0 amide bonds. The quantitative estimate of drug-likeness (QED) is 0.903. The van der Waals surface area contributed by atoms with Gasteiger partial charge >= 0.3 is 0 Å². The van der Waals surface area contributed by atoms with Gasteiger partial charge in [-0.2, -0.15) is 16.7 Å². The van der Waals surface area contributed by atoms with Gasteiger partial charge in [0.25, 0.3) is 0 Å².